The molecule has 5 rings (SSSR count). The third kappa shape index (κ3) is 4.47. The number of hydrogen-bond donors (Lipinski definition) is 1. The Bertz CT molecular complexity index is 851. The number of nitrogens with zero attached hydrogens (tertiary/aromatic N) is 1. The third-order valence-corrected chi connectivity index (χ3v) is 6.41. The molecule has 2 bridgehead atoms. The molecular formula is C22H24Cl2N2O3. The predicted octanol–water partition coefficient (Wildman–Crippen LogP) is 4.17. The highest BCUT2D eigenvalue weighted by molar-refractivity contribution is 6.30. The first-order valence-corrected chi connectivity index (χ1v) is 10.4. The van der Waals surface area contributed by atoms with Crippen molar-refractivity contribution in [3.05, 3.63) is 58.6 Å². The van der Waals surface area contributed by atoms with Gasteiger partial charge in [0.1, 0.15) is 18.1 Å². The lowest BCUT2D eigenvalue weighted by Gasteiger charge is -2.73. The zero-order chi connectivity index (χ0) is 20.5. The first-order chi connectivity index (χ1) is 13.9. The molecule has 2 aromatic rings. The number of carbonyl (C=O) groups excluding carboxylic acids is 1. The van der Waals surface area contributed by atoms with Crippen LogP contribution in [0.5, 0.6) is 11.5 Å². The van der Waals surface area contributed by atoms with Gasteiger partial charge in [-0.25, -0.2) is 0 Å². The third-order valence-electron chi connectivity index (χ3n) is 5.91. The molecule has 5 nitrogen and oxygen atoms in total. The Morgan fingerprint density at radius 3 is 2.03 bits per heavy atom. The van der Waals surface area contributed by atoms with Gasteiger partial charge in [-0.15, -0.1) is 0 Å². The second-order valence-electron chi connectivity index (χ2n) is 8.05. The van der Waals surface area contributed by atoms with E-state index in [0.717, 1.165) is 31.6 Å². The molecule has 2 aromatic carbocycles. The normalized spacial score (nSPS) is 24.4. The van der Waals surface area contributed by atoms with Crippen LogP contribution in [0.15, 0.2) is 48.5 Å². The molecule has 3 aliphatic rings. The number of ether oxygens (including phenoxy) is 2. The lowest BCUT2D eigenvalue weighted by Crippen LogP contribution is -2.83. The first-order valence-electron chi connectivity index (χ1n) is 9.67. The minimum absolute atomic E-state index is 0.0150. The summed E-state index contributed by atoms with van der Waals surface area (Å²) in [6, 6.07) is 14.4. The van der Waals surface area contributed by atoms with Gasteiger partial charge in [0.25, 0.3) is 5.91 Å². The van der Waals surface area contributed by atoms with Crippen molar-refractivity contribution in [2.24, 2.45) is 0 Å². The molecule has 0 atom stereocenters. The number of rotatable bonds is 9. The highest BCUT2D eigenvalue weighted by Crippen LogP contribution is 2.63. The van der Waals surface area contributed by atoms with Gasteiger partial charge >= 0.3 is 0 Å². The van der Waals surface area contributed by atoms with Crippen LogP contribution in [0.25, 0.3) is 0 Å². The van der Waals surface area contributed by atoms with Crippen LogP contribution in [0.2, 0.25) is 10.0 Å². The maximum absolute atomic E-state index is 12.2. The second-order valence-corrected chi connectivity index (χ2v) is 8.92. The molecule has 0 unspecified atom stereocenters. The number of likely N-dealkylation sites (N-methyl/N-ethyl adjacent to an activating group) is 1. The Hall–Kier alpha value is -1.95. The lowest BCUT2D eigenvalue weighted by atomic mass is 9.43. The summed E-state index contributed by atoms with van der Waals surface area (Å²) in [5, 5.41) is 4.49. The molecule has 0 aliphatic heterocycles. The SMILES string of the molecule is CN(CCOc1ccc(Cl)cc1)C12CC(NC(=O)COc3ccc(Cl)cc3)(C1)C2. The molecule has 1 N–H and O–H groups in total. The second kappa shape index (κ2) is 8.05. The molecule has 0 radical (unpaired) electrons. The maximum atomic E-state index is 12.2. The van der Waals surface area contributed by atoms with E-state index in [0.29, 0.717) is 22.4 Å². The van der Waals surface area contributed by atoms with Crippen molar-refractivity contribution in [2.45, 2.75) is 30.3 Å². The van der Waals surface area contributed by atoms with Crippen LogP contribution in [0.4, 0.5) is 0 Å². The zero-order valence-electron chi connectivity index (χ0n) is 16.3. The number of benzene rings is 2. The smallest absolute Gasteiger partial charge is 0.258 e. The fourth-order valence-corrected chi connectivity index (χ4v) is 4.60. The van der Waals surface area contributed by atoms with Gasteiger partial charge in [0.2, 0.25) is 0 Å². The van der Waals surface area contributed by atoms with Crippen molar-refractivity contribution in [1.29, 1.82) is 0 Å². The van der Waals surface area contributed by atoms with Gasteiger partial charge in [-0.1, -0.05) is 23.2 Å². The topological polar surface area (TPSA) is 50.8 Å². The summed E-state index contributed by atoms with van der Waals surface area (Å²) in [5.74, 6) is 1.38. The number of amides is 1. The number of halogens is 2. The van der Waals surface area contributed by atoms with Gasteiger partial charge in [-0.2, -0.15) is 0 Å². The van der Waals surface area contributed by atoms with Gasteiger partial charge in [0.05, 0.1) is 0 Å². The largest absolute Gasteiger partial charge is 0.492 e. The van der Waals surface area contributed by atoms with E-state index in [-0.39, 0.29) is 23.6 Å². The number of nitrogens with one attached hydrogen (secondary N) is 1. The Morgan fingerprint density at radius 1 is 0.966 bits per heavy atom. The lowest BCUT2D eigenvalue weighted by molar-refractivity contribution is -0.178. The van der Waals surface area contributed by atoms with Crippen LogP contribution in [-0.2, 0) is 4.79 Å². The number of carbonyl (C=O) groups is 1. The monoisotopic (exact) mass is 434 g/mol. The quantitative estimate of drug-likeness (QED) is 0.643. The van der Waals surface area contributed by atoms with E-state index in [2.05, 4.69) is 17.3 Å². The molecule has 1 amide bonds. The van der Waals surface area contributed by atoms with E-state index in [1.54, 1.807) is 24.3 Å². The van der Waals surface area contributed by atoms with Gasteiger partial charge in [0, 0.05) is 27.7 Å². The van der Waals surface area contributed by atoms with Gasteiger partial charge in [0.15, 0.2) is 6.61 Å². The predicted molar refractivity (Wildman–Crippen MR) is 114 cm³/mol. The van der Waals surface area contributed by atoms with Crippen molar-refractivity contribution in [3.63, 3.8) is 0 Å². The molecular weight excluding hydrogens is 411 g/mol. The summed E-state index contributed by atoms with van der Waals surface area (Å²) < 4.78 is 11.3. The van der Waals surface area contributed by atoms with E-state index in [1.807, 2.05) is 24.3 Å². The molecule has 0 aromatic heterocycles. The van der Waals surface area contributed by atoms with E-state index in [4.69, 9.17) is 32.7 Å². The van der Waals surface area contributed by atoms with Crippen LogP contribution in [0.1, 0.15) is 19.3 Å². The first kappa shape index (κ1) is 20.3. The van der Waals surface area contributed by atoms with Crippen molar-refractivity contribution in [3.8, 4) is 11.5 Å². The average Bonchev–Trinajstić information content (AvgIpc) is 2.64. The van der Waals surface area contributed by atoms with Gasteiger partial charge in [-0.3, -0.25) is 9.69 Å². The fraction of sp³-hybridized carbons (Fsp3) is 0.409. The van der Waals surface area contributed by atoms with Gasteiger partial charge < -0.3 is 14.8 Å². The van der Waals surface area contributed by atoms with E-state index >= 15 is 0 Å². The molecule has 0 heterocycles. The van der Waals surface area contributed by atoms with Crippen molar-refractivity contribution in [1.82, 2.24) is 10.2 Å². The van der Waals surface area contributed by atoms with Crippen molar-refractivity contribution < 1.29 is 14.3 Å². The molecule has 3 fully saturated rings. The van der Waals surface area contributed by atoms with Crippen LogP contribution in [-0.4, -0.2) is 48.7 Å². The summed E-state index contributed by atoms with van der Waals surface area (Å²) in [5.41, 5.74) is 0.124. The average molecular weight is 435 g/mol. The highest BCUT2D eigenvalue weighted by atomic mass is 35.5. The summed E-state index contributed by atoms with van der Waals surface area (Å²) in [6.45, 7) is 1.47. The molecule has 154 valence electrons. The molecule has 0 spiro atoms. The molecule has 0 saturated heterocycles. The summed E-state index contributed by atoms with van der Waals surface area (Å²) in [6.07, 6.45) is 2.93. The standard InChI is InChI=1S/C22H24Cl2N2O3/c1-26(10-11-28-18-6-2-16(23)3-7-18)22-13-21(14-22,15-22)25-20(27)12-29-19-8-4-17(24)5-9-19/h2-9H,10-15H2,1H3,(H,25,27). The van der Waals surface area contributed by atoms with E-state index < -0.39 is 0 Å². The fourth-order valence-electron chi connectivity index (χ4n) is 4.35. The van der Waals surface area contributed by atoms with Crippen LogP contribution in [0.3, 0.4) is 0 Å². The highest BCUT2D eigenvalue weighted by Gasteiger charge is 2.70. The number of hydrogen-bond acceptors (Lipinski definition) is 4. The molecule has 3 saturated carbocycles. The Labute approximate surface area is 180 Å². The minimum Gasteiger partial charge on any atom is -0.492 e. The van der Waals surface area contributed by atoms with Crippen LogP contribution < -0.4 is 14.8 Å². The molecule has 3 aliphatic carbocycles. The Balaban J connectivity index is 1.16. The van der Waals surface area contributed by atoms with Crippen molar-refractivity contribution >= 4 is 29.1 Å². The molecule has 7 heteroatoms. The van der Waals surface area contributed by atoms with Crippen molar-refractivity contribution in [2.75, 3.05) is 26.8 Å². The van der Waals surface area contributed by atoms with E-state index in [9.17, 15) is 4.79 Å². The Morgan fingerprint density at radius 2 is 1.48 bits per heavy atom. The van der Waals surface area contributed by atoms with E-state index in [1.165, 1.54) is 0 Å². The van der Waals surface area contributed by atoms with Crippen LogP contribution in [0, 0.1) is 0 Å². The summed E-state index contributed by atoms with van der Waals surface area (Å²) >= 11 is 11.7. The minimum atomic E-state index is -0.0815. The maximum Gasteiger partial charge on any atom is 0.258 e. The summed E-state index contributed by atoms with van der Waals surface area (Å²) in [4.78, 5) is 14.6. The van der Waals surface area contributed by atoms with Gasteiger partial charge in [-0.05, 0) is 74.8 Å². The zero-order valence-corrected chi connectivity index (χ0v) is 17.8. The summed E-state index contributed by atoms with van der Waals surface area (Å²) in [7, 11) is 2.12. The Kier molecular flexibility index (Phi) is 5.65. The molecule has 29 heavy (non-hydrogen) atoms. The van der Waals surface area contributed by atoms with Crippen LogP contribution >= 0.6 is 23.2 Å².